The number of fused-ring (bicyclic) bond motifs is 1. The molecule has 2 aromatic rings. The van der Waals surface area contributed by atoms with Gasteiger partial charge in [0.25, 0.3) is 0 Å². The Kier molecular flexibility index (Phi) is 5.61. The van der Waals surface area contributed by atoms with Gasteiger partial charge in [0.1, 0.15) is 0 Å². The van der Waals surface area contributed by atoms with Gasteiger partial charge in [0.2, 0.25) is 5.91 Å². The molecule has 4 nitrogen and oxygen atoms in total. The van der Waals surface area contributed by atoms with Crippen LogP contribution in [0.25, 0.3) is 0 Å². The van der Waals surface area contributed by atoms with Crippen LogP contribution < -0.4 is 5.32 Å². The van der Waals surface area contributed by atoms with Crippen LogP contribution >= 0.6 is 0 Å². The number of hydrogen-bond acceptors (Lipinski definition) is 3. The number of benzene rings is 2. The quantitative estimate of drug-likeness (QED) is 0.881. The molecule has 4 heteroatoms. The van der Waals surface area contributed by atoms with Crippen molar-refractivity contribution >= 4 is 11.7 Å². The van der Waals surface area contributed by atoms with Gasteiger partial charge in [-0.3, -0.25) is 14.5 Å². The lowest BCUT2D eigenvalue weighted by Crippen LogP contribution is -2.46. The summed E-state index contributed by atoms with van der Waals surface area (Å²) in [5.41, 5.74) is 3.70. The van der Waals surface area contributed by atoms with E-state index in [0.29, 0.717) is 13.0 Å². The Hall–Kier alpha value is -2.46. The van der Waals surface area contributed by atoms with Crippen molar-refractivity contribution in [3.05, 3.63) is 71.3 Å². The molecule has 1 aliphatic rings. The maximum Gasteiger partial charge on any atom is 0.234 e. The number of carbonyl (C=O) groups excluding carboxylic acids is 2. The number of rotatable bonds is 6. The lowest BCUT2D eigenvalue weighted by Gasteiger charge is -2.28. The Labute approximate surface area is 148 Å². The smallest absolute Gasteiger partial charge is 0.234 e. The maximum absolute atomic E-state index is 12.4. The van der Waals surface area contributed by atoms with E-state index in [-0.39, 0.29) is 11.7 Å². The van der Waals surface area contributed by atoms with Gasteiger partial charge in [-0.15, -0.1) is 0 Å². The first kappa shape index (κ1) is 17.4. The molecular formula is C21H24N2O2. The fourth-order valence-electron chi connectivity index (χ4n) is 3.28. The van der Waals surface area contributed by atoms with Crippen LogP contribution in [0.1, 0.15) is 23.6 Å². The highest BCUT2D eigenvalue weighted by molar-refractivity contribution is 5.88. The van der Waals surface area contributed by atoms with Crippen molar-refractivity contribution in [2.45, 2.75) is 32.4 Å². The number of carbonyl (C=O) groups is 2. The second kappa shape index (κ2) is 8.08. The SMILES string of the molecule is CC(=O)[C@H](Cc1ccccc1)NC(=O)CN1CCc2ccccc2C1. The largest absolute Gasteiger partial charge is 0.345 e. The molecule has 130 valence electrons. The molecule has 2 aromatic carbocycles. The molecule has 25 heavy (non-hydrogen) atoms. The van der Waals surface area contributed by atoms with E-state index >= 15 is 0 Å². The molecule has 0 unspecified atom stereocenters. The summed E-state index contributed by atoms with van der Waals surface area (Å²) in [5.74, 6) is -0.100. The van der Waals surface area contributed by atoms with Crippen molar-refractivity contribution in [2.75, 3.05) is 13.1 Å². The van der Waals surface area contributed by atoms with E-state index in [9.17, 15) is 9.59 Å². The van der Waals surface area contributed by atoms with Crippen LogP contribution in [-0.4, -0.2) is 35.7 Å². The molecule has 0 fully saturated rings. The summed E-state index contributed by atoms with van der Waals surface area (Å²) in [5, 5.41) is 2.91. The van der Waals surface area contributed by atoms with Crippen molar-refractivity contribution in [3.8, 4) is 0 Å². The standard InChI is InChI=1S/C21H24N2O2/c1-16(24)20(13-17-7-3-2-4-8-17)22-21(25)15-23-12-11-18-9-5-6-10-19(18)14-23/h2-10,20H,11-15H2,1H3,(H,22,25)/t20-/m0/s1. The first-order valence-corrected chi connectivity index (χ1v) is 8.74. The Morgan fingerprint density at radius 1 is 1.04 bits per heavy atom. The zero-order chi connectivity index (χ0) is 17.6. The summed E-state index contributed by atoms with van der Waals surface area (Å²) < 4.78 is 0. The van der Waals surface area contributed by atoms with Crippen molar-refractivity contribution in [2.24, 2.45) is 0 Å². The molecule has 1 N–H and O–H groups in total. The van der Waals surface area contributed by atoms with Gasteiger partial charge in [-0.05, 0) is 36.5 Å². The third-order valence-electron chi connectivity index (χ3n) is 4.69. The summed E-state index contributed by atoms with van der Waals surface area (Å²) >= 11 is 0. The van der Waals surface area contributed by atoms with Crippen LogP contribution in [0.5, 0.6) is 0 Å². The Morgan fingerprint density at radius 3 is 2.44 bits per heavy atom. The van der Waals surface area contributed by atoms with E-state index in [4.69, 9.17) is 0 Å². The predicted octanol–water partition coefficient (Wildman–Crippen LogP) is 2.36. The van der Waals surface area contributed by atoms with Gasteiger partial charge in [-0.25, -0.2) is 0 Å². The van der Waals surface area contributed by atoms with Crippen LogP contribution in [0.2, 0.25) is 0 Å². The van der Waals surface area contributed by atoms with E-state index in [1.807, 2.05) is 36.4 Å². The number of hydrogen-bond donors (Lipinski definition) is 1. The molecule has 0 aliphatic carbocycles. The number of amides is 1. The number of nitrogens with one attached hydrogen (secondary N) is 1. The first-order chi connectivity index (χ1) is 12.1. The van der Waals surface area contributed by atoms with Crippen LogP contribution in [0.4, 0.5) is 0 Å². The second-order valence-corrected chi connectivity index (χ2v) is 6.65. The third kappa shape index (κ3) is 4.77. The van der Waals surface area contributed by atoms with Crippen LogP contribution in [0.3, 0.4) is 0 Å². The van der Waals surface area contributed by atoms with Gasteiger partial charge in [0.15, 0.2) is 5.78 Å². The molecule has 0 saturated heterocycles. The Morgan fingerprint density at radius 2 is 1.72 bits per heavy atom. The van der Waals surface area contributed by atoms with Gasteiger partial charge in [0.05, 0.1) is 12.6 Å². The minimum Gasteiger partial charge on any atom is -0.345 e. The van der Waals surface area contributed by atoms with Gasteiger partial charge in [-0.1, -0.05) is 54.6 Å². The molecule has 3 rings (SSSR count). The van der Waals surface area contributed by atoms with Gasteiger partial charge >= 0.3 is 0 Å². The third-order valence-corrected chi connectivity index (χ3v) is 4.69. The highest BCUT2D eigenvalue weighted by Gasteiger charge is 2.21. The van der Waals surface area contributed by atoms with E-state index < -0.39 is 6.04 Å². The lowest BCUT2D eigenvalue weighted by atomic mass is 10.00. The summed E-state index contributed by atoms with van der Waals surface area (Å²) in [6, 6.07) is 17.7. The van der Waals surface area contributed by atoms with E-state index in [0.717, 1.165) is 25.1 Å². The van der Waals surface area contributed by atoms with Crippen molar-refractivity contribution < 1.29 is 9.59 Å². The average Bonchev–Trinajstić information content (AvgIpc) is 2.62. The molecule has 1 amide bonds. The minimum atomic E-state index is -0.466. The molecule has 0 spiro atoms. The van der Waals surface area contributed by atoms with Crippen LogP contribution in [0, 0.1) is 0 Å². The average molecular weight is 336 g/mol. The van der Waals surface area contributed by atoms with E-state index in [1.54, 1.807) is 0 Å². The lowest BCUT2D eigenvalue weighted by molar-refractivity contribution is -0.127. The highest BCUT2D eigenvalue weighted by atomic mass is 16.2. The second-order valence-electron chi connectivity index (χ2n) is 6.65. The van der Waals surface area contributed by atoms with Crippen molar-refractivity contribution in [1.82, 2.24) is 10.2 Å². The van der Waals surface area contributed by atoms with Crippen molar-refractivity contribution in [1.29, 1.82) is 0 Å². The molecule has 1 aliphatic heterocycles. The summed E-state index contributed by atoms with van der Waals surface area (Å²) in [6.45, 7) is 3.51. The Balaban J connectivity index is 1.56. The fourth-order valence-corrected chi connectivity index (χ4v) is 3.28. The van der Waals surface area contributed by atoms with E-state index in [1.165, 1.54) is 18.1 Å². The van der Waals surface area contributed by atoms with Gasteiger partial charge < -0.3 is 5.32 Å². The van der Waals surface area contributed by atoms with E-state index in [2.05, 4.69) is 28.4 Å². The summed E-state index contributed by atoms with van der Waals surface area (Å²) in [4.78, 5) is 26.5. The Bertz CT molecular complexity index is 743. The number of nitrogens with zero attached hydrogens (tertiary/aromatic N) is 1. The van der Waals surface area contributed by atoms with Crippen LogP contribution in [0.15, 0.2) is 54.6 Å². The monoisotopic (exact) mass is 336 g/mol. The summed E-state index contributed by atoms with van der Waals surface area (Å²) in [7, 11) is 0. The molecular weight excluding hydrogens is 312 g/mol. The minimum absolute atomic E-state index is 0.0128. The zero-order valence-corrected chi connectivity index (χ0v) is 14.6. The highest BCUT2D eigenvalue weighted by Crippen LogP contribution is 2.18. The molecule has 1 atom stereocenters. The van der Waals surface area contributed by atoms with Gasteiger partial charge in [0, 0.05) is 13.1 Å². The van der Waals surface area contributed by atoms with Crippen LogP contribution in [-0.2, 0) is 29.0 Å². The van der Waals surface area contributed by atoms with Gasteiger partial charge in [-0.2, -0.15) is 0 Å². The molecule has 0 radical (unpaired) electrons. The zero-order valence-electron chi connectivity index (χ0n) is 14.6. The molecule has 0 bridgehead atoms. The predicted molar refractivity (Wildman–Crippen MR) is 98.2 cm³/mol. The molecule has 0 saturated carbocycles. The maximum atomic E-state index is 12.4. The normalized spacial score (nSPS) is 15.2. The summed E-state index contributed by atoms with van der Waals surface area (Å²) in [6.07, 6.45) is 1.49. The van der Waals surface area contributed by atoms with Crippen molar-refractivity contribution in [3.63, 3.8) is 0 Å². The number of ketones is 1. The molecule has 0 aromatic heterocycles. The fraction of sp³-hybridized carbons (Fsp3) is 0.333. The number of Topliss-reactive ketones (excluding diaryl/α,β-unsaturated/α-hetero) is 1. The topological polar surface area (TPSA) is 49.4 Å². The molecule has 1 heterocycles. The first-order valence-electron chi connectivity index (χ1n) is 8.74.